The fourth-order valence-corrected chi connectivity index (χ4v) is 2.49. The van der Waals surface area contributed by atoms with Gasteiger partial charge in [-0.15, -0.1) is 0 Å². The summed E-state index contributed by atoms with van der Waals surface area (Å²) in [6.45, 7) is 1.12. The van der Waals surface area contributed by atoms with Crippen LogP contribution < -0.4 is 5.73 Å². The molecule has 0 saturated carbocycles. The monoisotopic (exact) mass is 312 g/mol. The largest absolute Gasteiger partial charge is 0.399 e. The number of fused-ring (bicyclic) bond motifs is 1. The molecule has 0 bridgehead atoms. The summed E-state index contributed by atoms with van der Waals surface area (Å²) in [6.07, 6.45) is 0. The van der Waals surface area contributed by atoms with Crippen molar-refractivity contribution in [1.82, 2.24) is 9.55 Å². The summed E-state index contributed by atoms with van der Waals surface area (Å²) in [7, 11) is 1.63. The van der Waals surface area contributed by atoms with Crippen molar-refractivity contribution in [1.29, 1.82) is 0 Å². The molecule has 0 aliphatic rings. The number of nitrogens with two attached hydrogens (primary N) is 1. The van der Waals surface area contributed by atoms with E-state index in [1.165, 1.54) is 12.1 Å². The van der Waals surface area contributed by atoms with Crippen molar-refractivity contribution in [3.63, 3.8) is 0 Å². The maximum Gasteiger partial charge on any atom is 0.271 e. The number of methoxy groups -OCH3 is 1. The van der Waals surface area contributed by atoms with Gasteiger partial charge in [-0.2, -0.15) is 0 Å². The van der Waals surface area contributed by atoms with Crippen LogP contribution >= 0.6 is 0 Å². The van der Waals surface area contributed by atoms with Crippen molar-refractivity contribution in [3.8, 4) is 11.4 Å². The first-order chi connectivity index (χ1) is 11.1. The molecule has 3 rings (SSSR count). The first-order valence-corrected chi connectivity index (χ1v) is 7.09. The van der Waals surface area contributed by atoms with Crippen LogP contribution in [0.15, 0.2) is 42.5 Å². The number of nitrogens with zero attached hydrogens (tertiary/aromatic N) is 3. The number of ether oxygens (including phenoxy) is 1. The van der Waals surface area contributed by atoms with E-state index in [0.717, 1.165) is 16.9 Å². The van der Waals surface area contributed by atoms with Gasteiger partial charge < -0.3 is 15.0 Å². The number of hydrogen-bond acceptors (Lipinski definition) is 5. The van der Waals surface area contributed by atoms with E-state index >= 15 is 0 Å². The lowest BCUT2D eigenvalue weighted by molar-refractivity contribution is -0.384. The molecule has 2 aromatic carbocycles. The van der Waals surface area contributed by atoms with E-state index in [4.69, 9.17) is 10.5 Å². The van der Waals surface area contributed by atoms with Crippen LogP contribution in [-0.4, -0.2) is 28.2 Å². The van der Waals surface area contributed by atoms with Gasteiger partial charge in [-0.1, -0.05) is 0 Å². The molecular weight excluding hydrogens is 296 g/mol. The van der Waals surface area contributed by atoms with Gasteiger partial charge in [0.1, 0.15) is 5.82 Å². The number of rotatable bonds is 5. The van der Waals surface area contributed by atoms with Crippen LogP contribution in [0.1, 0.15) is 0 Å². The lowest BCUT2D eigenvalue weighted by Crippen LogP contribution is -2.06. The van der Waals surface area contributed by atoms with Gasteiger partial charge in [0, 0.05) is 37.0 Å². The van der Waals surface area contributed by atoms with E-state index < -0.39 is 4.92 Å². The third-order valence-electron chi connectivity index (χ3n) is 3.63. The van der Waals surface area contributed by atoms with E-state index in [9.17, 15) is 10.1 Å². The second-order valence-corrected chi connectivity index (χ2v) is 5.13. The zero-order valence-corrected chi connectivity index (χ0v) is 12.6. The van der Waals surface area contributed by atoms with Crippen molar-refractivity contribution >= 4 is 22.4 Å². The standard InChI is InChI=1S/C16H16N4O3/c1-23-9-8-19-15-7-6-13(20(21)22)10-14(15)18-16(19)11-2-4-12(17)5-3-11/h2-7,10H,8-9,17H2,1H3. The highest BCUT2D eigenvalue weighted by Gasteiger charge is 2.15. The molecule has 0 amide bonds. The molecule has 2 N–H and O–H groups in total. The maximum absolute atomic E-state index is 11.0. The van der Waals surface area contributed by atoms with Crippen LogP contribution in [0.25, 0.3) is 22.4 Å². The molecule has 0 spiro atoms. The first-order valence-electron chi connectivity index (χ1n) is 7.09. The number of imidazole rings is 1. The molecule has 118 valence electrons. The van der Waals surface area contributed by atoms with Crippen LogP contribution in [0.3, 0.4) is 0 Å². The van der Waals surface area contributed by atoms with Crippen molar-refractivity contribution in [3.05, 3.63) is 52.6 Å². The summed E-state index contributed by atoms with van der Waals surface area (Å²) < 4.78 is 7.15. The molecule has 1 aromatic heterocycles. The van der Waals surface area contributed by atoms with Gasteiger partial charge in [-0.25, -0.2) is 4.98 Å². The van der Waals surface area contributed by atoms with E-state index in [-0.39, 0.29) is 5.69 Å². The Morgan fingerprint density at radius 3 is 2.65 bits per heavy atom. The fraction of sp³-hybridized carbons (Fsp3) is 0.188. The highest BCUT2D eigenvalue weighted by molar-refractivity contribution is 5.82. The summed E-state index contributed by atoms with van der Waals surface area (Å²) in [6, 6.07) is 12.1. The lowest BCUT2D eigenvalue weighted by Gasteiger charge is -2.09. The third-order valence-corrected chi connectivity index (χ3v) is 3.63. The SMILES string of the molecule is COCCn1c(-c2ccc(N)cc2)nc2cc([N+](=O)[O-])ccc21. The minimum atomic E-state index is -0.420. The summed E-state index contributed by atoms with van der Waals surface area (Å²) >= 11 is 0. The molecule has 23 heavy (non-hydrogen) atoms. The lowest BCUT2D eigenvalue weighted by atomic mass is 10.2. The molecule has 1 heterocycles. The predicted molar refractivity (Wildman–Crippen MR) is 88.1 cm³/mol. The Labute approximate surface area is 132 Å². The average Bonchev–Trinajstić information content (AvgIpc) is 2.91. The van der Waals surface area contributed by atoms with Gasteiger partial charge in [0.25, 0.3) is 5.69 Å². The Bertz CT molecular complexity index is 856. The van der Waals surface area contributed by atoms with E-state index in [1.807, 2.05) is 16.7 Å². The second kappa shape index (κ2) is 6.05. The van der Waals surface area contributed by atoms with Gasteiger partial charge >= 0.3 is 0 Å². The number of benzene rings is 2. The number of hydrogen-bond donors (Lipinski definition) is 1. The predicted octanol–water partition coefficient (Wildman–Crippen LogP) is 2.84. The van der Waals surface area contributed by atoms with Crippen LogP contribution in [0.5, 0.6) is 0 Å². The maximum atomic E-state index is 11.0. The normalized spacial score (nSPS) is 11.0. The molecule has 0 aliphatic heterocycles. The molecule has 3 aromatic rings. The smallest absolute Gasteiger partial charge is 0.271 e. The molecule has 0 aliphatic carbocycles. The molecule has 0 saturated heterocycles. The highest BCUT2D eigenvalue weighted by atomic mass is 16.6. The van der Waals surface area contributed by atoms with E-state index in [0.29, 0.717) is 24.4 Å². The number of nitro groups is 1. The van der Waals surface area contributed by atoms with Gasteiger partial charge in [0.2, 0.25) is 0 Å². The average molecular weight is 312 g/mol. The Morgan fingerprint density at radius 2 is 2.00 bits per heavy atom. The fourth-order valence-electron chi connectivity index (χ4n) is 2.49. The van der Waals surface area contributed by atoms with Gasteiger partial charge in [0.15, 0.2) is 0 Å². The van der Waals surface area contributed by atoms with E-state index in [2.05, 4.69) is 4.98 Å². The third kappa shape index (κ3) is 2.86. The summed E-state index contributed by atoms with van der Waals surface area (Å²) in [5.74, 6) is 0.734. The molecule has 0 fully saturated rings. The summed E-state index contributed by atoms with van der Waals surface area (Å²) in [5, 5.41) is 11.0. The van der Waals surface area contributed by atoms with Crippen LogP contribution in [0.4, 0.5) is 11.4 Å². The van der Waals surface area contributed by atoms with Crippen molar-refractivity contribution < 1.29 is 9.66 Å². The van der Waals surface area contributed by atoms with Crippen LogP contribution in [0, 0.1) is 10.1 Å². The Morgan fingerprint density at radius 1 is 1.26 bits per heavy atom. The topological polar surface area (TPSA) is 96.2 Å². The Balaban J connectivity index is 2.17. The van der Waals surface area contributed by atoms with Gasteiger partial charge in [0.05, 0.1) is 22.6 Å². The van der Waals surface area contributed by atoms with Gasteiger partial charge in [-0.05, 0) is 30.3 Å². The Hall–Kier alpha value is -2.93. The minimum absolute atomic E-state index is 0.0257. The molecule has 0 atom stereocenters. The van der Waals surface area contributed by atoms with Crippen molar-refractivity contribution in [2.75, 3.05) is 19.5 Å². The molecule has 7 heteroatoms. The number of aromatic nitrogens is 2. The summed E-state index contributed by atoms with van der Waals surface area (Å²) in [4.78, 5) is 15.1. The number of nitrogen functional groups attached to an aromatic ring is 1. The molecule has 0 unspecified atom stereocenters. The number of nitro benzene ring substituents is 1. The second-order valence-electron chi connectivity index (χ2n) is 5.13. The Kier molecular flexibility index (Phi) is 3.94. The van der Waals surface area contributed by atoms with Crippen molar-refractivity contribution in [2.45, 2.75) is 6.54 Å². The zero-order chi connectivity index (χ0) is 16.4. The molecule has 7 nitrogen and oxygen atoms in total. The van der Waals surface area contributed by atoms with Gasteiger partial charge in [-0.3, -0.25) is 10.1 Å². The number of non-ortho nitro benzene ring substituents is 1. The first kappa shape index (κ1) is 15.0. The minimum Gasteiger partial charge on any atom is -0.399 e. The van der Waals surface area contributed by atoms with Crippen LogP contribution in [-0.2, 0) is 11.3 Å². The quantitative estimate of drug-likeness (QED) is 0.444. The summed E-state index contributed by atoms with van der Waals surface area (Å²) in [5.41, 5.74) is 8.74. The highest BCUT2D eigenvalue weighted by Crippen LogP contribution is 2.28. The van der Waals surface area contributed by atoms with E-state index in [1.54, 1.807) is 25.3 Å². The zero-order valence-electron chi connectivity index (χ0n) is 12.6. The van der Waals surface area contributed by atoms with Crippen LogP contribution in [0.2, 0.25) is 0 Å². The van der Waals surface area contributed by atoms with Crippen molar-refractivity contribution in [2.24, 2.45) is 0 Å². The molecular formula is C16H16N4O3. The number of anilines is 1. The molecule has 0 radical (unpaired) electrons.